The Kier molecular flexibility index (Phi) is 5.52. The number of ether oxygens (including phenoxy) is 2. The lowest BCUT2D eigenvalue weighted by molar-refractivity contribution is -0.260. The van der Waals surface area contributed by atoms with Crippen molar-refractivity contribution < 1.29 is 24.8 Å². The largest absolute Gasteiger partial charge is 0.390 e. The van der Waals surface area contributed by atoms with Crippen LogP contribution in [0.1, 0.15) is 12.8 Å². The Bertz CT molecular complexity index is 334. The van der Waals surface area contributed by atoms with Crippen molar-refractivity contribution >= 4 is 0 Å². The number of hydrogen-bond acceptors (Lipinski definition) is 9. The third kappa shape index (κ3) is 3.36. The molecule has 9 atom stereocenters. The van der Waals surface area contributed by atoms with Crippen LogP contribution >= 0.6 is 0 Å². The van der Waals surface area contributed by atoms with E-state index in [2.05, 4.69) is 0 Å². The molecule has 2 rings (SSSR count). The Morgan fingerprint density at radius 3 is 2.24 bits per heavy atom. The van der Waals surface area contributed by atoms with Crippen LogP contribution in [0.25, 0.3) is 0 Å². The van der Waals surface area contributed by atoms with Crippen molar-refractivity contribution in [2.75, 3.05) is 6.54 Å². The maximum Gasteiger partial charge on any atom is 0.173 e. The molecule has 9 nitrogen and oxygen atoms in total. The average Bonchev–Trinajstić information content (AvgIpc) is 2.49. The molecule has 4 unspecified atom stereocenters. The van der Waals surface area contributed by atoms with Crippen LogP contribution in [0.15, 0.2) is 0 Å². The van der Waals surface area contributed by atoms with Crippen LogP contribution in [-0.4, -0.2) is 76.8 Å². The van der Waals surface area contributed by atoms with Crippen LogP contribution < -0.4 is 22.9 Å². The van der Waals surface area contributed by atoms with Gasteiger partial charge in [0.2, 0.25) is 0 Å². The quantitative estimate of drug-likeness (QED) is 0.272. The van der Waals surface area contributed by atoms with Crippen molar-refractivity contribution in [2.24, 2.45) is 22.9 Å². The van der Waals surface area contributed by atoms with E-state index in [1.807, 2.05) is 0 Å². The summed E-state index contributed by atoms with van der Waals surface area (Å²) in [6.07, 6.45) is -4.47. The summed E-state index contributed by atoms with van der Waals surface area (Å²) in [7, 11) is 0. The van der Waals surface area contributed by atoms with Crippen LogP contribution in [0.5, 0.6) is 0 Å². The molecular weight excluding hydrogens is 280 g/mol. The smallest absolute Gasteiger partial charge is 0.173 e. The molecule has 0 bridgehead atoms. The van der Waals surface area contributed by atoms with Crippen molar-refractivity contribution in [3.05, 3.63) is 0 Å². The molecule has 0 amide bonds. The monoisotopic (exact) mass is 306 g/mol. The van der Waals surface area contributed by atoms with Crippen molar-refractivity contribution in [1.82, 2.24) is 0 Å². The second kappa shape index (κ2) is 6.82. The lowest BCUT2D eigenvalue weighted by atomic mass is 9.82. The lowest BCUT2D eigenvalue weighted by Crippen LogP contribution is -2.70. The molecule has 2 aliphatic rings. The molecule has 0 spiro atoms. The normalized spacial score (nSPS) is 51.9. The SMILES string of the molecule is NC[C@@H]1CCC(N)[C@@H](OC2C(O)[C@@H](O)C(N)[C@H](O)[C@@H]2N)O1. The molecule has 21 heavy (non-hydrogen) atoms. The van der Waals surface area contributed by atoms with Crippen LogP contribution in [0.2, 0.25) is 0 Å². The van der Waals surface area contributed by atoms with E-state index >= 15 is 0 Å². The number of rotatable bonds is 3. The fourth-order valence-electron chi connectivity index (χ4n) is 2.81. The van der Waals surface area contributed by atoms with E-state index in [1.54, 1.807) is 0 Å². The molecule has 2 fully saturated rings. The fourth-order valence-corrected chi connectivity index (χ4v) is 2.81. The first-order valence-electron chi connectivity index (χ1n) is 7.18. The van der Waals surface area contributed by atoms with E-state index in [4.69, 9.17) is 32.4 Å². The minimum Gasteiger partial charge on any atom is -0.390 e. The lowest BCUT2D eigenvalue weighted by Gasteiger charge is -2.45. The van der Waals surface area contributed by atoms with E-state index in [0.717, 1.165) is 6.42 Å². The molecule has 11 N–H and O–H groups in total. The zero-order chi connectivity index (χ0) is 15.7. The minimum atomic E-state index is -1.34. The average molecular weight is 306 g/mol. The van der Waals surface area contributed by atoms with Crippen molar-refractivity contribution in [3.8, 4) is 0 Å². The Balaban J connectivity index is 2.06. The highest BCUT2D eigenvalue weighted by Gasteiger charge is 2.48. The van der Waals surface area contributed by atoms with Crippen LogP contribution in [0.4, 0.5) is 0 Å². The summed E-state index contributed by atoms with van der Waals surface area (Å²) in [6.45, 7) is 0.335. The Morgan fingerprint density at radius 2 is 1.62 bits per heavy atom. The summed E-state index contributed by atoms with van der Waals surface area (Å²) in [6, 6.07) is -2.38. The van der Waals surface area contributed by atoms with Gasteiger partial charge in [-0.3, -0.25) is 0 Å². The summed E-state index contributed by atoms with van der Waals surface area (Å²) < 4.78 is 11.2. The van der Waals surface area contributed by atoms with Crippen molar-refractivity contribution in [2.45, 2.75) is 67.8 Å². The van der Waals surface area contributed by atoms with Crippen LogP contribution in [0.3, 0.4) is 0 Å². The molecule has 0 aromatic heterocycles. The van der Waals surface area contributed by atoms with Gasteiger partial charge in [0, 0.05) is 6.54 Å². The van der Waals surface area contributed by atoms with E-state index in [0.29, 0.717) is 13.0 Å². The fraction of sp³-hybridized carbons (Fsp3) is 1.00. The minimum absolute atomic E-state index is 0.177. The summed E-state index contributed by atoms with van der Waals surface area (Å²) >= 11 is 0. The highest BCUT2D eigenvalue weighted by atomic mass is 16.7. The highest BCUT2D eigenvalue weighted by Crippen LogP contribution is 2.26. The standard InChI is InChI=1S/C12H26N4O5/c13-3-4-1-2-5(14)12(20-4)21-11-7(16)8(17)6(15)9(18)10(11)19/h4-12,17-19H,1-3,13-16H2/t4-,5?,6?,7-,8-,9-,10?,11?,12+/m0/s1. The predicted molar refractivity (Wildman–Crippen MR) is 73.8 cm³/mol. The van der Waals surface area contributed by atoms with Gasteiger partial charge in [-0.05, 0) is 12.8 Å². The molecule has 0 aromatic carbocycles. The first kappa shape index (κ1) is 17.0. The first-order valence-corrected chi connectivity index (χ1v) is 7.18. The molecule has 1 saturated carbocycles. The Morgan fingerprint density at radius 1 is 0.952 bits per heavy atom. The number of hydrogen-bond donors (Lipinski definition) is 7. The first-order chi connectivity index (χ1) is 9.86. The molecule has 124 valence electrons. The van der Waals surface area contributed by atoms with E-state index in [-0.39, 0.29) is 6.10 Å². The highest BCUT2D eigenvalue weighted by molar-refractivity contribution is 5.03. The van der Waals surface area contributed by atoms with Crippen LogP contribution in [0, 0.1) is 0 Å². The van der Waals surface area contributed by atoms with Gasteiger partial charge in [-0.15, -0.1) is 0 Å². The van der Waals surface area contributed by atoms with Crippen molar-refractivity contribution in [3.63, 3.8) is 0 Å². The molecule has 1 aliphatic heterocycles. The Hall–Kier alpha value is -0.360. The van der Waals surface area contributed by atoms with Gasteiger partial charge in [-0.1, -0.05) is 0 Å². The number of nitrogens with two attached hydrogens (primary N) is 4. The third-order valence-electron chi connectivity index (χ3n) is 4.30. The van der Waals surface area contributed by atoms with E-state index in [9.17, 15) is 15.3 Å². The molecule has 1 aliphatic carbocycles. The molecule has 9 heteroatoms. The summed E-state index contributed by atoms with van der Waals surface area (Å²) in [5, 5.41) is 29.8. The Labute approximate surface area is 123 Å². The zero-order valence-electron chi connectivity index (χ0n) is 11.8. The molecule has 1 saturated heterocycles. The predicted octanol–water partition coefficient (Wildman–Crippen LogP) is -4.09. The number of aliphatic hydroxyl groups excluding tert-OH is 3. The maximum absolute atomic E-state index is 10.1. The van der Waals surface area contributed by atoms with Gasteiger partial charge >= 0.3 is 0 Å². The van der Waals surface area contributed by atoms with E-state index in [1.165, 1.54) is 0 Å². The summed E-state index contributed by atoms with van der Waals surface area (Å²) in [5.74, 6) is 0. The van der Waals surface area contributed by atoms with Crippen LogP contribution in [-0.2, 0) is 9.47 Å². The maximum atomic E-state index is 10.1. The van der Waals surface area contributed by atoms with Crippen molar-refractivity contribution in [1.29, 1.82) is 0 Å². The molecular formula is C12H26N4O5. The zero-order valence-corrected chi connectivity index (χ0v) is 11.8. The summed E-state index contributed by atoms with van der Waals surface area (Å²) in [4.78, 5) is 0. The van der Waals surface area contributed by atoms with Gasteiger partial charge in [0.1, 0.15) is 18.3 Å². The topological polar surface area (TPSA) is 183 Å². The van der Waals surface area contributed by atoms with Gasteiger partial charge in [0.25, 0.3) is 0 Å². The van der Waals surface area contributed by atoms with Gasteiger partial charge in [-0.25, -0.2) is 0 Å². The third-order valence-corrected chi connectivity index (χ3v) is 4.30. The number of aliphatic hydroxyl groups is 3. The molecule has 0 aromatic rings. The summed E-state index contributed by atoms with van der Waals surface area (Å²) in [5.41, 5.74) is 23.0. The van der Waals surface area contributed by atoms with Gasteiger partial charge < -0.3 is 47.7 Å². The van der Waals surface area contributed by atoms with Gasteiger partial charge in [-0.2, -0.15) is 0 Å². The van der Waals surface area contributed by atoms with E-state index < -0.39 is 48.8 Å². The molecule has 0 radical (unpaired) electrons. The van der Waals surface area contributed by atoms with Gasteiger partial charge in [0.05, 0.1) is 30.3 Å². The second-order valence-electron chi connectivity index (χ2n) is 5.83. The van der Waals surface area contributed by atoms with Gasteiger partial charge in [0.15, 0.2) is 6.29 Å². The molecule has 1 heterocycles. The second-order valence-corrected chi connectivity index (χ2v) is 5.83.